The number of aliphatic hydroxyl groups excluding tert-OH is 1. The van der Waals surface area contributed by atoms with Gasteiger partial charge in [0.1, 0.15) is 4.88 Å². The normalized spacial score (nSPS) is 9.83. The number of carbonyl (C=O) groups excluding carboxylic acids is 1. The Hall–Kier alpha value is -0.870. The maximum Gasteiger partial charge on any atom is 0.348 e. The quantitative estimate of drug-likeness (QED) is 0.718. The van der Waals surface area contributed by atoms with Gasteiger partial charge in [0.15, 0.2) is 0 Å². The van der Waals surface area contributed by atoms with Crippen LogP contribution in [-0.4, -0.2) is 24.8 Å². The summed E-state index contributed by atoms with van der Waals surface area (Å²) in [5.74, 6) is -0.316. The van der Waals surface area contributed by atoms with Crippen LogP contribution in [0, 0.1) is 0 Å². The van der Waals surface area contributed by atoms with Crippen LogP contribution in [0.4, 0.5) is 0 Å². The minimum atomic E-state index is -0.316. The first-order valence-corrected chi connectivity index (χ1v) is 4.42. The first kappa shape index (κ1) is 9.22. The molecule has 1 aromatic heterocycles. The van der Waals surface area contributed by atoms with E-state index in [-0.39, 0.29) is 12.6 Å². The minimum absolute atomic E-state index is 0.108. The highest BCUT2D eigenvalue weighted by atomic mass is 32.1. The van der Waals surface area contributed by atoms with Crippen molar-refractivity contribution in [2.75, 3.05) is 13.7 Å². The van der Waals surface area contributed by atoms with E-state index in [0.717, 1.165) is 5.56 Å². The van der Waals surface area contributed by atoms with Gasteiger partial charge in [-0.1, -0.05) is 0 Å². The molecule has 0 saturated heterocycles. The second kappa shape index (κ2) is 4.23. The molecule has 0 saturated carbocycles. The number of thiophene rings is 1. The van der Waals surface area contributed by atoms with Gasteiger partial charge in [0.05, 0.1) is 7.11 Å². The van der Waals surface area contributed by atoms with Gasteiger partial charge in [-0.3, -0.25) is 0 Å². The number of carbonyl (C=O) groups is 1. The molecule has 66 valence electrons. The van der Waals surface area contributed by atoms with Crippen LogP contribution in [0.25, 0.3) is 0 Å². The molecule has 0 unspecified atom stereocenters. The molecular weight excluding hydrogens is 176 g/mol. The molecular formula is C8H10O3S. The molecule has 1 aromatic rings. The summed E-state index contributed by atoms with van der Waals surface area (Å²) >= 11 is 1.34. The van der Waals surface area contributed by atoms with Crippen LogP contribution in [0.3, 0.4) is 0 Å². The number of hydrogen-bond acceptors (Lipinski definition) is 4. The molecule has 12 heavy (non-hydrogen) atoms. The zero-order valence-electron chi connectivity index (χ0n) is 6.74. The van der Waals surface area contributed by atoms with Crippen molar-refractivity contribution in [3.63, 3.8) is 0 Å². The van der Waals surface area contributed by atoms with Gasteiger partial charge in [0.2, 0.25) is 0 Å². The van der Waals surface area contributed by atoms with Crippen molar-refractivity contribution < 1.29 is 14.6 Å². The number of aliphatic hydroxyl groups is 1. The fraction of sp³-hybridized carbons (Fsp3) is 0.375. The summed E-state index contributed by atoms with van der Waals surface area (Å²) in [5, 5.41) is 10.5. The number of ether oxygens (including phenoxy) is 1. The molecule has 0 aromatic carbocycles. The van der Waals surface area contributed by atoms with Crippen molar-refractivity contribution in [1.29, 1.82) is 0 Å². The number of esters is 1. The van der Waals surface area contributed by atoms with Crippen molar-refractivity contribution in [3.05, 3.63) is 21.9 Å². The smallest absolute Gasteiger partial charge is 0.348 e. The van der Waals surface area contributed by atoms with E-state index >= 15 is 0 Å². The minimum Gasteiger partial charge on any atom is -0.465 e. The van der Waals surface area contributed by atoms with E-state index in [2.05, 4.69) is 4.74 Å². The predicted octanol–water partition coefficient (Wildman–Crippen LogP) is 1.07. The molecule has 0 aliphatic heterocycles. The van der Waals surface area contributed by atoms with Gasteiger partial charge in [-0.2, -0.15) is 0 Å². The third kappa shape index (κ3) is 2.06. The molecule has 0 fully saturated rings. The Bertz CT molecular complexity index is 267. The third-order valence-corrected chi connectivity index (χ3v) is 2.40. The van der Waals surface area contributed by atoms with E-state index < -0.39 is 0 Å². The zero-order chi connectivity index (χ0) is 8.97. The highest BCUT2D eigenvalue weighted by molar-refractivity contribution is 7.12. The van der Waals surface area contributed by atoms with Gasteiger partial charge in [-0.15, -0.1) is 11.3 Å². The molecule has 1 rings (SSSR count). The molecule has 0 aliphatic rings. The van der Waals surface area contributed by atoms with Crippen LogP contribution >= 0.6 is 11.3 Å². The maximum absolute atomic E-state index is 11.0. The zero-order valence-corrected chi connectivity index (χ0v) is 7.56. The maximum atomic E-state index is 11.0. The first-order chi connectivity index (χ1) is 5.77. The molecule has 0 radical (unpaired) electrons. The summed E-state index contributed by atoms with van der Waals surface area (Å²) in [6, 6.07) is 1.74. The van der Waals surface area contributed by atoms with Crippen LogP contribution in [0.5, 0.6) is 0 Å². The van der Waals surface area contributed by atoms with Gasteiger partial charge in [-0.25, -0.2) is 4.79 Å². The number of rotatable bonds is 3. The van der Waals surface area contributed by atoms with Crippen molar-refractivity contribution >= 4 is 17.3 Å². The number of hydrogen-bond donors (Lipinski definition) is 1. The topological polar surface area (TPSA) is 46.5 Å². The lowest BCUT2D eigenvalue weighted by Gasteiger charge is -1.91. The largest absolute Gasteiger partial charge is 0.465 e. The molecule has 0 atom stereocenters. The molecule has 0 spiro atoms. The van der Waals surface area contributed by atoms with Crippen LogP contribution in [0.2, 0.25) is 0 Å². The van der Waals surface area contributed by atoms with Gasteiger partial charge in [-0.05, 0) is 23.4 Å². The summed E-state index contributed by atoms with van der Waals surface area (Å²) in [6.45, 7) is 0.108. The first-order valence-electron chi connectivity index (χ1n) is 3.54. The van der Waals surface area contributed by atoms with E-state index in [9.17, 15) is 4.79 Å². The van der Waals surface area contributed by atoms with Crippen molar-refractivity contribution in [2.24, 2.45) is 0 Å². The Balaban J connectivity index is 2.70. The third-order valence-electron chi connectivity index (χ3n) is 1.44. The van der Waals surface area contributed by atoms with E-state index in [1.54, 1.807) is 6.07 Å². The average Bonchev–Trinajstić information content (AvgIpc) is 2.52. The summed E-state index contributed by atoms with van der Waals surface area (Å²) in [6.07, 6.45) is 0.591. The van der Waals surface area contributed by atoms with Crippen LogP contribution in [0.1, 0.15) is 15.2 Å². The van der Waals surface area contributed by atoms with Gasteiger partial charge < -0.3 is 9.84 Å². The average molecular weight is 186 g/mol. The monoisotopic (exact) mass is 186 g/mol. The van der Waals surface area contributed by atoms with Gasteiger partial charge in [0.25, 0.3) is 0 Å². The predicted molar refractivity (Wildman–Crippen MR) is 46.4 cm³/mol. The lowest BCUT2D eigenvalue weighted by molar-refractivity contribution is 0.0606. The highest BCUT2D eigenvalue weighted by Gasteiger charge is 2.07. The molecule has 1 heterocycles. The summed E-state index contributed by atoms with van der Waals surface area (Å²) in [7, 11) is 1.35. The highest BCUT2D eigenvalue weighted by Crippen LogP contribution is 2.15. The Morgan fingerprint density at radius 1 is 1.75 bits per heavy atom. The van der Waals surface area contributed by atoms with Crippen LogP contribution < -0.4 is 0 Å². The van der Waals surface area contributed by atoms with Gasteiger partial charge in [0, 0.05) is 6.61 Å². The van der Waals surface area contributed by atoms with Crippen molar-refractivity contribution in [3.8, 4) is 0 Å². The van der Waals surface area contributed by atoms with E-state index in [0.29, 0.717) is 11.3 Å². The fourth-order valence-corrected chi connectivity index (χ4v) is 1.71. The van der Waals surface area contributed by atoms with E-state index in [1.165, 1.54) is 18.4 Å². The van der Waals surface area contributed by atoms with E-state index in [4.69, 9.17) is 5.11 Å². The lowest BCUT2D eigenvalue weighted by Crippen LogP contribution is -1.97. The fourth-order valence-electron chi connectivity index (χ4n) is 0.843. The molecule has 3 nitrogen and oxygen atoms in total. The molecule has 0 amide bonds. The molecule has 0 aliphatic carbocycles. The Labute approximate surface area is 74.6 Å². The van der Waals surface area contributed by atoms with Crippen molar-refractivity contribution in [2.45, 2.75) is 6.42 Å². The van der Waals surface area contributed by atoms with Crippen LogP contribution in [0.15, 0.2) is 11.4 Å². The standard InChI is InChI=1S/C8H10O3S/c1-11-8(10)7-4-6(2-3-9)5-12-7/h4-5,9H,2-3H2,1H3. The summed E-state index contributed by atoms with van der Waals surface area (Å²) in [4.78, 5) is 11.5. The van der Waals surface area contributed by atoms with Crippen LogP contribution in [-0.2, 0) is 11.2 Å². The Morgan fingerprint density at radius 3 is 3.08 bits per heavy atom. The van der Waals surface area contributed by atoms with Gasteiger partial charge >= 0.3 is 5.97 Å². The van der Waals surface area contributed by atoms with E-state index in [1.807, 2.05) is 5.38 Å². The molecule has 0 bridgehead atoms. The Kier molecular flexibility index (Phi) is 3.25. The summed E-state index contributed by atoms with van der Waals surface area (Å²) < 4.78 is 4.54. The molecule has 4 heteroatoms. The van der Waals surface area contributed by atoms with Crippen molar-refractivity contribution in [1.82, 2.24) is 0 Å². The number of methoxy groups -OCH3 is 1. The molecule has 1 N–H and O–H groups in total. The Morgan fingerprint density at radius 2 is 2.50 bits per heavy atom. The second-order valence-corrected chi connectivity index (χ2v) is 3.20. The summed E-state index contributed by atoms with van der Waals surface area (Å²) in [5.41, 5.74) is 0.975. The lowest BCUT2D eigenvalue weighted by atomic mass is 10.2. The second-order valence-electron chi connectivity index (χ2n) is 2.28. The SMILES string of the molecule is COC(=O)c1cc(CCO)cs1.